The number of benzene rings is 1. The summed E-state index contributed by atoms with van der Waals surface area (Å²) in [5.41, 5.74) is 0.727. The molecule has 0 fully saturated rings. The Morgan fingerprint density at radius 2 is 1.72 bits per heavy atom. The second-order valence-electron chi connectivity index (χ2n) is 3.57. The largest absolute Gasteiger partial charge is 0.479 e. The predicted molar refractivity (Wildman–Crippen MR) is 62.9 cm³/mol. The molecule has 0 aliphatic carbocycles. The van der Waals surface area contributed by atoms with Gasteiger partial charge in [-0.05, 0) is 17.7 Å². The summed E-state index contributed by atoms with van der Waals surface area (Å²) in [6, 6.07) is 6.60. The standard InChI is InChI=1S/C11H12ClNO5/c12-7-3-1-6(2-4-7)5-13-10(16)8(14)9(15)11(17)18/h1-4,8-9,14-15H,5H2,(H,13,16)(H,17,18)/t8-,9-/m1/s1. The molecule has 0 bridgehead atoms. The lowest BCUT2D eigenvalue weighted by molar-refractivity contribution is -0.158. The Kier molecular flexibility index (Phi) is 5.08. The average Bonchev–Trinajstić information content (AvgIpc) is 2.35. The molecule has 6 nitrogen and oxygen atoms in total. The van der Waals surface area contributed by atoms with Crippen LogP contribution in [0, 0.1) is 0 Å². The van der Waals surface area contributed by atoms with Gasteiger partial charge >= 0.3 is 5.97 Å². The van der Waals surface area contributed by atoms with E-state index in [1.807, 2.05) is 0 Å². The highest BCUT2D eigenvalue weighted by atomic mass is 35.5. The molecule has 0 saturated heterocycles. The molecule has 0 heterocycles. The van der Waals surface area contributed by atoms with Crippen molar-refractivity contribution < 1.29 is 24.9 Å². The zero-order valence-electron chi connectivity index (χ0n) is 9.21. The molecule has 2 atom stereocenters. The Bertz CT molecular complexity index is 434. The van der Waals surface area contributed by atoms with Crippen molar-refractivity contribution in [1.29, 1.82) is 0 Å². The van der Waals surface area contributed by atoms with Crippen LogP contribution < -0.4 is 5.32 Å². The van der Waals surface area contributed by atoms with Crippen LogP contribution in [0.2, 0.25) is 5.02 Å². The maximum atomic E-state index is 11.3. The van der Waals surface area contributed by atoms with Crippen molar-refractivity contribution in [3.8, 4) is 0 Å². The van der Waals surface area contributed by atoms with Crippen LogP contribution in [0.4, 0.5) is 0 Å². The topological polar surface area (TPSA) is 107 Å². The van der Waals surface area contributed by atoms with Crippen LogP contribution in [0.25, 0.3) is 0 Å². The number of hydrogen-bond acceptors (Lipinski definition) is 4. The second-order valence-corrected chi connectivity index (χ2v) is 4.01. The van der Waals surface area contributed by atoms with E-state index < -0.39 is 24.1 Å². The van der Waals surface area contributed by atoms with E-state index in [2.05, 4.69) is 5.32 Å². The predicted octanol–water partition coefficient (Wildman–Crippen LogP) is -0.237. The molecule has 0 saturated carbocycles. The van der Waals surface area contributed by atoms with Crippen molar-refractivity contribution in [3.63, 3.8) is 0 Å². The first-order valence-electron chi connectivity index (χ1n) is 5.03. The zero-order valence-corrected chi connectivity index (χ0v) is 9.96. The number of nitrogens with one attached hydrogen (secondary N) is 1. The number of amides is 1. The van der Waals surface area contributed by atoms with E-state index in [0.717, 1.165) is 5.56 Å². The van der Waals surface area contributed by atoms with Gasteiger partial charge in [0.15, 0.2) is 12.2 Å². The lowest BCUT2D eigenvalue weighted by Gasteiger charge is -2.13. The molecule has 1 rings (SSSR count). The minimum atomic E-state index is -2.14. The highest BCUT2D eigenvalue weighted by Crippen LogP contribution is 2.09. The molecule has 4 N–H and O–H groups in total. The number of carbonyl (C=O) groups excluding carboxylic acids is 1. The van der Waals surface area contributed by atoms with Crippen LogP contribution in [-0.4, -0.2) is 39.4 Å². The van der Waals surface area contributed by atoms with Crippen LogP contribution in [0.1, 0.15) is 5.56 Å². The molecule has 7 heteroatoms. The van der Waals surface area contributed by atoms with Crippen LogP contribution in [0.3, 0.4) is 0 Å². The molecule has 1 amide bonds. The molecule has 0 unspecified atom stereocenters. The molecule has 0 spiro atoms. The van der Waals surface area contributed by atoms with Gasteiger partial charge in [0.1, 0.15) is 0 Å². The van der Waals surface area contributed by atoms with Gasteiger partial charge in [-0.3, -0.25) is 4.79 Å². The first kappa shape index (κ1) is 14.4. The molecule has 1 aromatic carbocycles. The third-order valence-electron chi connectivity index (χ3n) is 2.20. The van der Waals surface area contributed by atoms with Gasteiger partial charge in [0.05, 0.1) is 0 Å². The van der Waals surface area contributed by atoms with Gasteiger partial charge in [0.25, 0.3) is 5.91 Å². The number of hydrogen-bond donors (Lipinski definition) is 4. The smallest absolute Gasteiger partial charge is 0.335 e. The van der Waals surface area contributed by atoms with Crippen molar-refractivity contribution in [2.45, 2.75) is 18.8 Å². The number of aliphatic carboxylic acids is 1. The molecule has 98 valence electrons. The number of carbonyl (C=O) groups is 2. The number of carboxylic acid groups (broad SMARTS) is 1. The molecule has 18 heavy (non-hydrogen) atoms. The zero-order chi connectivity index (χ0) is 13.7. The third-order valence-corrected chi connectivity index (χ3v) is 2.45. The highest BCUT2D eigenvalue weighted by Gasteiger charge is 2.29. The van der Waals surface area contributed by atoms with Crippen molar-refractivity contribution in [1.82, 2.24) is 5.32 Å². The van der Waals surface area contributed by atoms with E-state index in [-0.39, 0.29) is 6.54 Å². The van der Waals surface area contributed by atoms with Crippen molar-refractivity contribution >= 4 is 23.5 Å². The van der Waals surface area contributed by atoms with Crippen molar-refractivity contribution in [2.24, 2.45) is 0 Å². The first-order valence-corrected chi connectivity index (χ1v) is 5.40. The summed E-state index contributed by atoms with van der Waals surface area (Å²) < 4.78 is 0. The fourth-order valence-electron chi connectivity index (χ4n) is 1.17. The molecular weight excluding hydrogens is 262 g/mol. The minimum Gasteiger partial charge on any atom is -0.479 e. The van der Waals surface area contributed by atoms with Crippen LogP contribution in [0.5, 0.6) is 0 Å². The Morgan fingerprint density at radius 3 is 2.22 bits per heavy atom. The normalized spacial score (nSPS) is 13.7. The van der Waals surface area contributed by atoms with Gasteiger partial charge in [-0.2, -0.15) is 0 Å². The van der Waals surface area contributed by atoms with Crippen LogP contribution >= 0.6 is 11.6 Å². The van der Waals surface area contributed by atoms with Gasteiger partial charge in [-0.25, -0.2) is 4.79 Å². The lowest BCUT2D eigenvalue weighted by atomic mass is 10.2. The fraction of sp³-hybridized carbons (Fsp3) is 0.273. The number of aliphatic hydroxyl groups excluding tert-OH is 2. The van der Waals surface area contributed by atoms with Gasteiger partial charge in [0.2, 0.25) is 0 Å². The van der Waals surface area contributed by atoms with E-state index >= 15 is 0 Å². The van der Waals surface area contributed by atoms with Gasteiger partial charge < -0.3 is 20.6 Å². The Morgan fingerprint density at radius 1 is 1.17 bits per heavy atom. The molecule has 0 radical (unpaired) electrons. The monoisotopic (exact) mass is 273 g/mol. The summed E-state index contributed by atoms with van der Waals surface area (Å²) in [6.45, 7) is 0.0966. The summed E-state index contributed by atoms with van der Waals surface area (Å²) >= 11 is 5.68. The fourth-order valence-corrected chi connectivity index (χ4v) is 1.30. The third kappa shape index (κ3) is 3.99. The number of aliphatic hydroxyl groups is 2. The molecule has 0 aliphatic heterocycles. The summed E-state index contributed by atoms with van der Waals surface area (Å²) in [4.78, 5) is 21.7. The molecular formula is C11H12ClNO5. The molecule has 1 aromatic rings. The highest BCUT2D eigenvalue weighted by molar-refractivity contribution is 6.30. The van der Waals surface area contributed by atoms with Crippen LogP contribution in [-0.2, 0) is 16.1 Å². The van der Waals surface area contributed by atoms with E-state index in [9.17, 15) is 14.7 Å². The van der Waals surface area contributed by atoms with E-state index in [4.69, 9.17) is 21.8 Å². The van der Waals surface area contributed by atoms with Gasteiger partial charge in [-0.1, -0.05) is 23.7 Å². The summed E-state index contributed by atoms with van der Waals surface area (Å²) in [6.07, 6.45) is -4.15. The average molecular weight is 274 g/mol. The summed E-state index contributed by atoms with van der Waals surface area (Å²) in [7, 11) is 0. The van der Waals surface area contributed by atoms with Gasteiger partial charge in [0, 0.05) is 11.6 Å². The lowest BCUT2D eigenvalue weighted by Crippen LogP contribution is -2.45. The maximum absolute atomic E-state index is 11.3. The Labute approximate surface area is 108 Å². The summed E-state index contributed by atoms with van der Waals surface area (Å²) in [5.74, 6) is -2.62. The quantitative estimate of drug-likeness (QED) is 0.592. The van der Waals surface area contributed by atoms with Crippen LogP contribution in [0.15, 0.2) is 24.3 Å². The van der Waals surface area contributed by atoms with E-state index in [0.29, 0.717) is 5.02 Å². The Balaban J connectivity index is 2.50. The minimum absolute atomic E-state index is 0.0966. The second kappa shape index (κ2) is 6.34. The Hall–Kier alpha value is -1.63. The first-order chi connectivity index (χ1) is 8.41. The van der Waals surface area contributed by atoms with Gasteiger partial charge in [-0.15, -0.1) is 0 Å². The summed E-state index contributed by atoms with van der Waals surface area (Å²) in [5, 5.41) is 29.4. The van der Waals surface area contributed by atoms with Crippen molar-refractivity contribution in [3.05, 3.63) is 34.9 Å². The van der Waals surface area contributed by atoms with Crippen molar-refractivity contribution in [2.75, 3.05) is 0 Å². The van der Waals surface area contributed by atoms with E-state index in [1.54, 1.807) is 24.3 Å². The maximum Gasteiger partial charge on any atom is 0.335 e. The number of carboxylic acids is 1. The molecule has 0 aliphatic rings. The SMILES string of the molecule is O=C(O)[C@H](O)[C@@H](O)C(=O)NCc1ccc(Cl)cc1. The molecule has 0 aromatic heterocycles. The number of halogens is 1. The van der Waals surface area contributed by atoms with E-state index in [1.165, 1.54) is 0 Å². The number of rotatable bonds is 5.